The van der Waals surface area contributed by atoms with Crippen LogP contribution in [0.15, 0.2) is 18.5 Å². The Bertz CT molecular complexity index is 376. The zero-order valence-corrected chi connectivity index (χ0v) is 11.6. The van der Waals surface area contributed by atoms with Gasteiger partial charge in [-0.3, -0.25) is 4.90 Å². The molecule has 5 heteroatoms. The Morgan fingerprint density at radius 3 is 2.83 bits per heavy atom. The molecule has 0 fully saturated rings. The molecule has 0 saturated heterocycles. The Kier molecular flexibility index (Phi) is 5.71. The highest BCUT2D eigenvalue weighted by atomic mass is 16.5. The number of carbonyl (C=O) groups is 1. The van der Waals surface area contributed by atoms with Crippen molar-refractivity contribution in [3.8, 4) is 0 Å². The molecule has 0 radical (unpaired) electrons. The van der Waals surface area contributed by atoms with E-state index < -0.39 is 0 Å². The summed E-state index contributed by atoms with van der Waals surface area (Å²) in [5.41, 5.74) is 1.29. The van der Waals surface area contributed by atoms with Crippen molar-refractivity contribution in [1.29, 1.82) is 0 Å². The topological polar surface area (TPSA) is 46.5 Å². The van der Waals surface area contributed by atoms with Crippen LogP contribution in [0.1, 0.15) is 25.5 Å². The molecule has 0 saturated carbocycles. The van der Waals surface area contributed by atoms with Crippen LogP contribution < -0.4 is 5.32 Å². The lowest BCUT2D eigenvalue weighted by Crippen LogP contribution is -2.36. The third-order valence-corrected chi connectivity index (χ3v) is 3.14. The van der Waals surface area contributed by atoms with Crippen molar-refractivity contribution in [1.82, 2.24) is 14.8 Å². The Morgan fingerprint density at radius 1 is 1.61 bits per heavy atom. The first-order valence-corrected chi connectivity index (χ1v) is 6.26. The minimum atomic E-state index is -0.376. The number of alkyl carbamates (subject to hydrolysis) is 1. The van der Waals surface area contributed by atoms with Gasteiger partial charge in [0, 0.05) is 38.6 Å². The quantitative estimate of drug-likeness (QED) is 0.840. The number of aromatic nitrogens is 1. The maximum absolute atomic E-state index is 11.0. The summed E-state index contributed by atoms with van der Waals surface area (Å²) in [4.78, 5) is 13.3. The highest BCUT2D eigenvalue weighted by Crippen LogP contribution is 2.19. The van der Waals surface area contributed by atoms with E-state index in [0.29, 0.717) is 12.6 Å². The molecule has 0 bridgehead atoms. The van der Waals surface area contributed by atoms with Gasteiger partial charge in [-0.2, -0.15) is 0 Å². The van der Waals surface area contributed by atoms with Gasteiger partial charge in [0.25, 0.3) is 0 Å². The van der Waals surface area contributed by atoms with E-state index in [9.17, 15) is 4.79 Å². The largest absolute Gasteiger partial charge is 0.453 e. The predicted molar refractivity (Wildman–Crippen MR) is 71.5 cm³/mol. The lowest BCUT2D eigenvalue weighted by atomic mass is 10.1. The van der Waals surface area contributed by atoms with Crippen LogP contribution in [-0.2, 0) is 11.8 Å². The number of hydrogen-bond acceptors (Lipinski definition) is 3. The average Bonchev–Trinajstić information content (AvgIpc) is 2.80. The summed E-state index contributed by atoms with van der Waals surface area (Å²) in [5.74, 6) is 0. The van der Waals surface area contributed by atoms with E-state index in [1.165, 1.54) is 12.7 Å². The number of hydrogen-bond donors (Lipinski definition) is 1. The second-order valence-electron chi connectivity index (χ2n) is 4.33. The van der Waals surface area contributed by atoms with Crippen molar-refractivity contribution in [2.75, 3.05) is 26.7 Å². The molecule has 1 amide bonds. The molecule has 0 aliphatic heterocycles. The van der Waals surface area contributed by atoms with Gasteiger partial charge in [0.15, 0.2) is 0 Å². The second-order valence-corrected chi connectivity index (χ2v) is 4.33. The first-order valence-electron chi connectivity index (χ1n) is 6.26. The lowest BCUT2D eigenvalue weighted by molar-refractivity contribution is 0.165. The van der Waals surface area contributed by atoms with E-state index >= 15 is 0 Å². The Hall–Kier alpha value is -1.49. The standard InChI is InChI=1S/C13H23N3O2/c1-5-16(9-7-14-13(17)18-4)11(2)12-6-8-15(3)10-12/h6,8,10-11H,5,7,9H2,1-4H3,(H,14,17). The smallest absolute Gasteiger partial charge is 0.406 e. The normalized spacial score (nSPS) is 12.5. The van der Waals surface area contributed by atoms with Gasteiger partial charge >= 0.3 is 6.09 Å². The molecule has 0 aromatic carbocycles. The molecule has 102 valence electrons. The summed E-state index contributed by atoms with van der Waals surface area (Å²) in [6.07, 6.45) is 3.80. The summed E-state index contributed by atoms with van der Waals surface area (Å²) < 4.78 is 6.59. The summed E-state index contributed by atoms with van der Waals surface area (Å²) in [5, 5.41) is 2.70. The number of nitrogens with one attached hydrogen (secondary N) is 1. The van der Waals surface area contributed by atoms with E-state index in [4.69, 9.17) is 0 Å². The van der Waals surface area contributed by atoms with Crippen molar-refractivity contribution in [3.63, 3.8) is 0 Å². The molecule has 1 N–H and O–H groups in total. The van der Waals surface area contributed by atoms with E-state index in [2.05, 4.69) is 41.1 Å². The summed E-state index contributed by atoms with van der Waals surface area (Å²) in [7, 11) is 3.39. The summed E-state index contributed by atoms with van der Waals surface area (Å²) in [6, 6.07) is 2.47. The van der Waals surface area contributed by atoms with Crippen LogP contribution in [0.5, 0.6) is 0 Å². The molecule has 1 aromatic heterocycles. The van der Waals surface area contributed by atoms with Crippen LogP contribution in [0, 0.1) is 0 Å². The number of ether oxygens (including phenoxy) is 1. The van der Waals surface area contributed by atoms with Crippen LogP contribution in [0.2, 0.25) is 0 Å². The number of nitrogens with zero attached hydrogens (tertiary/aromatic N) is 2. The molecule has 1 aromatic rings. The highest BCUT2D eigenvalue weighted by molar-refractivity contribution is 5.66. The van der Waals surface area contributed by atoms with Gasteiger partial charge in [0.05, 0.1) is 7.11 Å². The number of likely N-dealkylation sites (N-methyl/N-ethyl adjacent to an activating group) is 1. The van der Waals surface area contributed by atoms with Crippen molar-refractivity contribution in [3.05, 3.63) is 24.0 Å². The molecular weight excluding hydrogens is 230 g/mol. The third kappa shape index (κ3) is 4.07. The monoisotopic (exact) mass is 253 g/mol. The molecule has 0 aliphatic carbocycles. The van der Waals surface area contributed by atoms with E-state index in [0.717, 1.165) is 13.1 Å². The van der Waals surface area contributed by atoms with E-state index in [1.54, 1.807) is 0 Å². The Morgan fingerprint density at radius 2 is 2.33 bits per heavy atom. The van der Waals surface area contributed by atoms with Gasteiger partial charge in [-0.25, -0.2) is 4.79 Å². The number of rotatable bonds is 6. The maximum atomic E-state index is 11.0. The zero-order chi connectivity index (χ0) is 13.5. The minimum Gasteiger partial charge on any atom is -0.453 e. The van der Waals surface area contributed by atoms with Crippen LogP contribution in [0.4, 0.5) is 4.79 Å². The molecular formula is C13H23N3O2. The third-order valence-electron chi connectivity index (χ3n) is 3.14. The van der Waals surface area contributed by atoms with Gasteiger partial charge in [0.2, 0.25) is 0 Å². The van der Waals surface area contributed by atoms with Crippen LogP contribution in [-0.4, -0.2) is 42.3 Å². The summed E-state index contributed by atoms with van der Waals surface area (Å²) >= 11 is 0. The molecule has 1 heterocycles. The van der Waals surface area contributed by atoms with Crippen LogP contribution in [0.25, 0.3) is 0 Å². The zero-order valence-electron chi connectivity index (χ0n) is 11.6. The molecule has 1 atom stereocenters. The van der Waals surface area contributed by atoms with Crippen molar-refractivity contribution >= 4 is 6.09 Å². The van der Waals surface area contributed by atoms with Crippen molar-refractivity contribution in [2.45, 2.75) is 19.9 Å². The van der Waals surface area contributed by atoms with Gasteiger partial charge in [-0.05, 0) is 25.1 Å². The SMILES string of the molecule is CCN(CCNC(=O)OC)C(C)c1ccn(C)c1. The van der Waals surface area contributed by atoms with Crippen molar-refractivity contribution < 1.29 is 9.53 Å². The Balaban J connectivity index is 2.47. The molecule has 0 spiro atoms. The van der Waals surface area contributed by atoms with Gasteiger partial charge in [-0.15, -0.1) is 0 Å². The first kappa shape index (κ1) is 14.6. The first-order chi connectivity index (χ1) is 8.58. The number of carbonyl (C=O) groups excluding carboxylic acids is 1. The molecule has 5 nitrogen and oxygen atoms in total. The fraction of sp³-hybridized carbons (Fsp3) is 0.615. The lowest BCUT2D eigenvalue weighted by Gasteiger charge is -2.27. The molecule has 0 aliphatic rings. The fourth-order valence-electron chi connectivity index (χ4n) is 1.98. The second kappa shape index (κ2) is 7.06. The summed E-state index contributed by atoms with van der Waals surface area (Å²) in [6.45, 7) is 6.65. The minimum absolute atomic E-state index is 0.343. The highest BCUT2D eigenvalue weighted by Gasteiger charge is 2.14. The fourth-order valence-corrected chi connectivity index (χ4v) is 1.98. The van der Waals surface area contributed by atoms with Gasteiger partial charge in [0.1, 0.15) is 0 Å². The molecule has 1 unspecified atom stereocenters. The maximum Gasteiger partial charge on any atom is 0.406 e. The van der Waals surface area contributed by atoms with E-state index in [-0.39, 0.29) is 6.09 Å². The number of aryl methyl sites for hydroxylation is 1. The Labute approximate surface area is 109 Å². The predicted octanol–water partition coefficient (Wildman–Crippen LogP) is 1.76. The van der Waals surface area contributed by atoms with Crippen LogP contribution >= 0.6 is 0 Å². The van der Waals surface area contributed by atoms with Gasteiger partial charge in [-0.1, -0.05) is 6.92 Å². The van der Waals surface area contributed by atoms with Crippen LogP contribution in [0.3, 0.4) is 0 Å². The molecule has 18 heavy (non-hydrogen) atoms. The number of methoxy groups -OCH3 is 1. The molecule has 1 rings (SSSR count). The van der Waals surface area contributed by atoms with E-state index in [1.807, 2.05) is 17.8 Å². The van der Waals surface area contributed by atoms with Gasteiger partial charge < -0.3 is 14.6 Å². The number of amides is 1. The average molecular weight is 253 g/mol. The van der Waals surface area contributed by atoms with Crippen molar-refractivity contribution in [2.24, 2.45) is 7.05 Å².